The Morgan fingerprint density at radius 2 is 2.20 bits per heavy atom. The Labute approximate surface area is 116 Å². The Morgan fingerprint density at radius 3 is 2.90 bits per heavy atom. The Hall–Kier alpha value is -2.30. The fourth-order valence-corrected chi connectivity index (χ4v) is 2.38. The Kier molecular flexibility index (Phi) is 2.78. The zero-order valence-corrected chi connectivity index (χ0v) is 11.4. The summed E-state index contributed by atoms with van der Waals surface area (Å²) >= 11 is 0. The molecule has 0 radical (unpaired) electrons. The Bertz CT molecular complexity index is 674. The van der Waals surface area contributed by atoms with Crippen molar-refractivity contribution in [3.8, 4) is 17.0 Å². The van der Waals surface area contributed by atoms with Gasteiger partial charge in [-0.2, -0.15) is 5.10 Å². The molecule has 20 heavy (non-hydrogen) atoms. The molecule has 0 aliphatic carbocycles. The van der Waals surface area contributed by atoms with Gasteiger partial charge in [-0.05, 0) is 44.4 Å². The zero-order valence-electron chi connectivity index (χ0n) is 11.4. The standard InChI is InChI=1S/C15H16N2O3/c1-15(2)6-5-9-3-4-10(7-13(9)20-15)11-8-12(14(18)19)17-16-11/h3-4,7-8H,5-6H2,1-2H3,(H,16,17)(H,18,19). The van der Waals surface area contributed by atoms with E-state index in [4.69, 9.17) is 9.84 Å². The van der Waals surface area contributed by atoms with Gasteiger partial charge >= 0.3 is 5.97 Å². The van der Waals surface area contributed by atoms with Gasteiger partial charge in [-0.3, -0.25) is 5.10 Å². The van der Waals surface area contributed by atoms with Crippen LogP contribution in [0.1, 0.15) is 36.3 Å². The molecule has 104 valence electrons. The van der Waals surface area contributed by atoms with Gasteiger partial charge in [0.15, 0.2) is 0 Å². The lowest BCUT2D eigenvalue weighted by atomic mass is 9.93. The predicted octanol–water partition coefficient (Wildman–Crippen LogP) is 2.88. The summed E-state index contributed by atoms with van der Waals surface area (Å²) in [7, 11) is 0. The van der Waals surface area contributed by atoms with Crippen LogP contribution in [0.4, 0.5) is 0 Å². The number of ether oxygens (including phenoxy) is 1. The van der Waals surface area contributed by atoms with Gasteiger partial charge in [0.25, 0.3) is 0 Å². The van der Waals surface area contributed by atoms with Crippen LogP contribution in [-0.4, -0.2) is 26.9 Å². The number of hydrogen-bond acceptors (Lipinski definition) is 3. The molecule has 0 saturated carbocycles. The average molecular weight is 272 g/mol. The minimum Gasteiger partial charge on any atom is -0.488 e. The molecular formula is C15H16N2O3. The number of aromatic amines is 1. The normalized spacial score (nSPS) is 16.3. The van der Waals surface area contributed by atoms with Gasteiger partial charge < -0.3 is 9.84 Å². The smallest absolute Gasteiger partial charge is 0.353 e. The number of carboxylic acid groups (broad SMARTS) is 1. The quantitative estimate of drug-likeness (QED) is 0.881. The third-order valence-corrected chi connectivity index (χ3v) is 3.55. The Morgan fingerprint density at radius 1 is 1.40 bits per heavy atom. The van der Waals surface area contributed by atoms with E-state index < -0.39 is 5.97 Å². The zero-order chi connectivity index (χ0) is 14.3. The molecule has 2 heterocycles. The van der Waals surface area contributed by atoms with Gasteiger partial charge in [0.1, 0.15) is 17.0 Å². The van der Waals surface area contributed by atoms with Gasteiger partial charge in [0.05, 0.1) is 5.69 Å². The molecule has 0 fully saturated rings. The van der Waals surface area contributed by atoms with Crippen molar-refractivity contribution in [2.75, 3.05) is 0 Å². The van der Waals surface area contributed by atoms with Crippen molar-refractivity contribution in [3.63, 3.8) is 0 Å². The maximum absolute atomic E-state index is 10.9. The largest absolute Gasteiger partial charge is 0.488 e. The summed E-state index contributed by atoms with van der Waals surface area (Å²) in [5, 5.41) is 15.5. The maximum Gasteiger partial charge on any atom is 0.353 e. The first kappa shape index (κ1) is 12.7. The predicted molar refractivity (Wildman–Crippen MR) is 74.0 cm³/mol. The lowest BCUT2D eigenvalue weighted by molar-refractivity contribution is 0.0690. The fourth-order valence-electron chi connectivity index (χ4n) is 2.38. The van der Waals surface area contributed by atoms with E-state index in [1.165, 1.54) is 11.6 Å². The molecule has 0 bridgehead atoms. The molecule has 0 unspecified atom stereocenters. The number of aryl methyl sites for hydroxylation is 1. The summed E-state index contributed by atoms with van der Waals surface area (Å²) in [6.07, 6.45) is 1.98. The minimum absolute atomic E-state index is 0.0824. The lowest BCUT2D eigenvalue weighted by Gasteiger charge is -2.32. The first-order chi connectivity index (χ1) is 9.44. The van der Waals surface area contributed by atoms with Crippen LogP contribution in [0.15, 0.2) is 24.3 Å². The number of benzene rings is 1. The summed E-state index contributed by atoms with van der Waals surface area (Å²) < 4.78 is 5.98. The van der Waals surface area contributed by atoms with E-state index in [1.54, 1.807) is 0 Å². The van der Waals surface area contributed by atoms with Crippen molar-refractivity contribution in [1.29, 1.82) is 0 Å². The van der Waals surface area contributed by atoms with Crippen LogP contribution >= 0.6 is 0 Å². The SMILES string of the molecule is CC1(C)CCc2ccc(-c3cc(C(=O)O)[nH]n3)cc2O1. The number of H-pyrrole nitrogens is 1. The number of nitrogens with one attached hydrogen (secondary N) is 1. The second-order valence-corrected chi connectivity index (χ2v) is 5.66. The van der Waals surface area contributed by atoms with Crippen molar-refractivity contribution in [3.05, 3.63) is 35.5 Å². The number of fused-ring (bicyclic) bond motifs is 1. The third-order valence-electron chi connectivity index (χ3n) is 3.55. The molecule has 1 aromatic carbocycles. The Balaban J connectivity index is 1.97. The summed E-state index contributed by atoms with van der Waals surface area (Å²) in [4.78, 5) is 10.9. The molecule has 5 nitrogen and oxygen atoms in total. The van der Waals surface area contributed by atoms with Crippen LogP contribution in [0.5, 0.6) is 5.75 Å². The van der Waals surface area contributed by atoms with E-state index in [0.29, 0.717) is 5.69 Å². The number of hydrogen-bond donors (Lipinski definition) is 2. The third kappa shape index (κ3) is 2.27. The molecule has 1 aliphatic rings. The second-order valence-electron chi connectivity index (χ2n) is 5.66. The van der Waals surface area contributed by atoms with E-state index in [2.05, 4.69) is 24.0 Å². The molecule has 2 N–H and O–H groups in total. The van der Waals surface area contributed by atoms with Gasteiger partial charge in [0.2, 0.25) is 0 Å². The molecule has 0 atom stereocenters. The maximum atomic E-state index is 10.9. The molecule has 3 rings (SSSR count). The van der Waals surface area contributed by atoms with Gasteiger partial charge in [-0.25, -0.2) is 4.79 Å². The molecule has 2 aromatic rings. The monoisotopic (exact) mass is 272 g/mol. The van der Waals surface area contributed by atoms with Crippen molar-refractivity contribution in [1.82, 2.24) is 10.2 Å². The highest BCUT2D eigenvalue weighted by atomic mass is 16.5. The number of rotatable bonds is 2. The molecule has 0 spiro atoms. The lowest BCUT2D eigenvalue weighted by Crippen LogP contribution is -2.32. The summed E-state index contributed by atoms with van der Waals surface area (Å²) in [5.41, 5.74) is 2.56. The number of carbonyl (C=O) groups is 1. The summed E-state index contributed by atoms with van der Waals surface area (Å²) in [6.45, 7) is 4.14. The van der Waals surface area contributed by atoms with Crippen molar-refractivity contribution in [2.45, 2.75) is 32.3 Å². The van der Waals surface area contributed by atoms with Gasteiger partial charge in [-0.15, -0.1) is 0 Å². The molecular weight excluding hydrogens is 256 g/mol. The highest BCUT2D eigenvalue weighted by Crippen LogP contribution is 2.35. The van der Waals surface area contributed by atoms with E-state index in [-0.39, 0.29) is 11.3 Å². The molecule has 1 aliphatic heterocycles. The molecule has 0 saturated heterocycles. The van der Waals surface area contributed by atoms with Gasteiger partial charge in [0, 0.05) is 5.56 Å². The van der Waals surface area contributed by atoms with Crippen LogP contribution in [0.2, 0.25) is 0 Å². The average Bonchev–Trinajstić information content (AvgIpc) is 2.86. The number of nitrogens with zero attached hydrogens (tertiary/aromatic N) is 1. The number of aromatic nitrogens is 2. The van der Waals surface area contributed by atoms with Gasteiger partial charge in [-0.1, -0.05) is 12.1 Å². The van der Waals surface area contributed by atoms with Crippen LogP contribution < -0.4 is 4.74 Å². The second kappa shape index (κ2) is 4.37. The number of aromatic carboxylic acids is 1. The van der Waals surface area contributed by atoms with Crippen LogP contribution in [0.25, 0.3) is 11.3 Å². The van der Waals surface area contributed by atoms with E-state index in [1.807, 2.05) is 18.2 Å². The summed E-state index contributed by atoms with van der Waals surface area (Å²) in [6, 6.07) is 7.42. The molecule has 0 amide bonds. The van der Waals surface area contributed by atoms with Crippen LogP contribution in [0, 0.1) is 0 Å². The van der Waals surface area contributed by atoms with Crippen molar-refractivity contribution < 1.29 is 14.6 Å². The van der Waals surface area contributed by atoms with E-state index >= 15 is 0 Å². The van der Waals surface area contributed by atoms with E-state index in [9.17, 15) is 4.79 Å². The highest BCUT2D eigenvalue weighted by Gasteiger charge is 2.26. The highest BCUT2D eigenvalue weighted by molar-refractivity contribution is 5.86. The van der Waals surface area contributed by atoms with Crippen molar-refractivity contribution >= 4 is 5.97 Å². The van der Waals surface area contributed by atoms with Crippen LogP contribution in [-0.2, 0) is 6.42 Å². The van der Waals surface area contributed by atoms with Crippen molar-refractivity contribution in [2.24, 2.45) is 0 Å². The number of carboxylic acids is 1. The first-order valence-electron chi connectivity index (χ1n) is 6.56. The topological polar surface area (TPSA) is 75.2 Å². The first-order valence-corrected chi connectivity index (χ1v) is 6.56. The van der Waals surface area contributed by atoms with Crippen LogP contribution in [0.3, 0.4) is 0 Å². The summed E-state index contributed by atoms with van der Waals surface area (Å²) in [5.74, 6) is -0.155. The molecule has 5 heteroatoms. The minimum atomic E-state index is -1.01. The molecule has 1 aromatic heterocycles. The van der Waals surface area contributed by atoms with E-state index in [0.717, 1.165) is 24.2 Å². The fraction of sp³-hybridized carbons (Fsp3) is 0.333.